The summed E-state index contributed by atoms with van der Waals surface area (Å²) in [5.41, 5.74) is 3.47. The number of fused-ring (bicyclic) bond motifs is 1. The number of nitrogens with zero attached hydrogens (tertiary/aromatic N) is 1. The molecule has 16 heavy (non-hydrogen) atoms. The van der Waals surface area contributed by atoms with Gasteiger partial charge >= 0.3 is 0 Å². The molecule has 1 aromatic heterocycles. The molecule has 0 N–H and O–H groups in total. The van der Waals surface area contributed by atoms with Gasteiger partial charge in [-0.3, -0.25) is 4.98 Å². The lowest BCUT2D eigenvalue weighted by molar-refractivity contribution is 1.41. The summed E-state index contributed by atoms with van der Waals surface area (Å²) < 4.78 is 0. The zero-order valence-electron chi connectivity index (χ0n) is 8.80. The van der Waals surface area contributed by atoms with Crippen LogP contribution in [0.25, 0.3) is 22.0 Å². The van der Waals surface area contributed by atoms with E-state index in [1.54, 1.807) is 0 Å². The minimum Gasteiger partial charge on any atom is -0.256 e. The number of hydrogen-bond acceptors (Lipinski definition) is 1. The molecule has 0 fully saturated rings. The van der Waals surface area contributed by atoms with E-state index in [4.69, 9.17) is 0 Å². The van der Waals surface area contributed by atoms with Gasteiger partial charge in [-0.05, 0) is 11.6 Å². The largest absolute Gasteiger partial charge is 0.256 e. The molecule has 0 aliphatic heterocycles. The van der Waals surface area contributed by atoms with Crippen molar-refractivity contribution in [3.8, 4) is 11.1 Å². The van der Waals surface area contributed by atoms with E-state index >= 15 is 0 Å². The van der Waals surface area contributed by atoms with Crippen LogP contribution >= 0.6 is 0 Å². The highest BCUT2D eigenvalue weighted by molar-refractivity contribution is 5.93. The normalized spacial score (nSPS) is 10.5. The van der Waals surface area contributed by atoms with Gasteiger partial charge in [-0.2, -0.15) is 0 Å². The third-order valence-corrected chi connectivity index (χ3v) is 2.72. The maximum absolute atomic E-state index is 4.46. The Morgan fingerprint density at radius 3 is 2.38 bits per heavy atom. The van der Waals surface area contributed by atoms with Crippen LogP contribution in [0.3, 0.4) is 0 Å². The zero-order chi connectivity index (χ0) is 10.8. The molecule has 1 heteroatoms. The van der Waals surface area contributed by atoms with Crippen molar-refractivity contribution in [2.24, 2.45) is 0 Å². The van der Waals surface area contributed by atoms with Gasteiger partial charge in [-0.1, -0.05) is 54.6 Å². The van der Waals surface area contributed by atoms with Gasteiger partial charge in [0.15, 0.2) is 0 Å². The Kier molecular flexibility index (Phi) is 2.15. The first-order chi connectivity index (χ1) is 7.95. The molecule has 0 saturated heterocycles. The molecule has 0 amide bonds. The van der Waals surface area contributed by atoms with Crippen LogP contribution in [0, 0.1) is 0 Å². The van der Waals surface area contributed by atoms with Gasteiger partial charge in [0.1, 0.15) is 0 Å². The summed E-state index contributed by atoms with van der Waals surface area (Å²) in [6.07, 6.45) is 1.84. The summed E-state index contributed by atoms with van der Waals surface area (Å²) >= 11 is 0. The van der Waals surface area contributed by atoms with Crippen molar-refractivity contribution in [2.75, 3.05) is 0 Å². The fourth-order valence-corrected chi connectivity index (χ4v) is 1.95. The Balaban J connectivity index is 2.32. The fraction of sp³-hybridized carbons (Fsp3) is 0. The molecule has 0 spiro atoms. The Bertz CT molecular complexity index is 609. The van der Waals surface area contributed by atoms with Crippen molar-refractivity contribution in [2.45, 2.75) is 0 Å². The van der Waals surface area contributed by atoms with Gasteiger partial charge in [0.25, 0.3) is 0 Å². The molecular weight excluding hydrogens is 194 g/mol. The predicted octanol–water partition coefficient (Wildman–Crippen LogP) is 3.90. The van der Waals surface area contributed by atoms with Gasteiger partial charge in [-0.15, -0.1) is 0 Å². The van der Waals surface area contributed by atoms with Gasteiger partial charge in [0, 0.05) is 17.1 Å². The van der Waals surface area contributed by atoms with Crippen LogP contribution in [0.4, 0.5) is 0 Å². The van der Waals surface area contributed by atoms with E-state index in [1.165, 1.54) is 16.5 Å². The van der Waals surface area contributed by atoms with Crippen LogP contribution in [0.2, 0.25) is 0 Å². The average molecular weight is 205 g/mol. The summed E-state index contributed by atoms with van der Waals surface area (Å²) in [6.45, 7) is 0. The number of aromatic nitrogens is 1. The van der Waals surface area contributed by atoms with Gasteiger partial charge in [-0.25, -0.2) is 0 Å². The summed E-state index contributed by atoms with van der Waals surface area (Å²) in [6, 6.07) is 20.7. The summed E-state index contributed by atoms with van der Waals surface area (Å²) in [5, 5.41) is 1.18. The number of pyridine rings is 1. The second kappa shape index (κ2) is 3.78. The first-order valence-corrected chi connectivity index (χ1v) is 5.34. The second-order valence-corrected chi connectivity index (χ2v) is 3.75. The summed E-state index contributed by atoms with van der Waals surface area (Å²) in [4.78, 5) is 4.46. The monoisotopic (exact) mass is 205 g/mol. The Morgan fingerprint density at radius 2 is 1.50 bits per heavy atom. The first kappa shape index (κ1) is 9.10. The number of rotatable bonds is 1. The quantitative estimate of drug-likeness (QED) is 0.587. The minimum atomic E-state index is 1.07. The standard InChI is InChI=1S/C15H11N/c1-2-6-12(7-3-1)14-10-4-8-13-9-5-11-16-15(13)14/h1-11H. The Hall–Kier alpha value is -2.15. The van der Waals surface area contributed by atoms with E-state index in [2.05, 4.69) is 53.5 Å². The maximum atomic E-state index is 4.46. The van der Waals surface area contributed by atoms with E-state index in [1.807, 2.05) is 18.3 Å². The molecule has 3 rings (SSSR count). The maximum Gasteiger partial charge on any atom is 0.0780 e. The van der Waals surface area contributed by atoms with Gasteiger partial charge in [0.05, 0.1) is 5.52 Å². The molecule has 0 aliphatic carbocycles. The molecule has 1 heterocycles. The van der Waals surface area contributed by atoms with Crippen LogP contribution < -0.4 is 0 Å². The lowest BCUT2D eigenvalue weighted by Crippen LogP contribution is -1.83. The molecule has 0 bridgehead atoms. The molecule has 3 aromatic rings. The number of benzene rings is 2. The van der Waals surface area contributed by atoms with E-state index in [-0.39, 0.29) is 0 Å². The number of para-hydroxylation sites is 1. The van der Waals surface area contributed by atoms with Crippen molar-refractivity contribution < 1.29 is 0 Å². The molecular formula is C15H11N. The highest BCUT2D eigenvalue weighted by atomic mass is 14.6. The lowest BCUT2D eigenvalue weighted by atomic mass is 10.0. The highest BCUT2D eigenvalue weighted by Crippen LogP contribution is 2.26. The van der Waals surface area contributed by atoms with Crippen molar-refractivity contribution in [3.05, 3.63) is 66.9 Å². The first-order valence-electron chi connectivity index (χ1n) is 5.34. The van der Waals surface area contributed by atoms with Crippen LogP contribution in [0.1, 0.15) is 0 Å². The van der Waals surface area contributed by atoms with Crippen LogP contribution in [0.15, 0.2) is 66.9 Å². The van der Waals surface area contributed by atoms with E-state index in [0.29, 0.717) is 0 Å². The highest BCUT2D eigenvalue weighted by Gasteiger charge is 2.02. The fourth-order valence-electron chi connectivity index (χ4n) is 1.95. The Morgan fingerprint density at radius 1 is 0.688 bits per heavy atom. The van der Waals surface area contributed by atoms with Gasteiger partial charge < -0.3 is 0 Å². The van der Waals surface area contributed by atoms with Crippen LogP contribution in [-0.4, -0.2) is 4.98 Å². The predicted molar refractivity (Wildman–Crippen MR) is 67.2 cm³/mol. The summed E-state index contributed by atoms with van der Waals surface area (Å²) in [7, 11) is 0. The van der Waals surface area contributed by atoms with Crippen LogP contribution in [0.5, 0.6) is 0 Å². The van der Waals surface area contributed by atoms with E-state index in [9.17, 15) is 0 Å². The van der Waals surface area contributed by atoms with Crippen molar-refractivity contribution in [1.82, 2.24) is 4.98 Å². The van der Waals surface area contributed by atoms with Gasteiger partial charge in [0.2, 0.25) is 0 Å². The SMILES string of the molecule is c1ccc(-c2cccc3cccnc23)cc1. The average Bonchev–Trinajstić information content (AvgIpc) is 2.39. The topological polar surface area (TPSA) is 12.9 Å². The molecule has 0 aliphatic rings. The Labute approximate surface area is 94.4 Å². The zero-order valence-corrected chi connectivity index (χ0v) is 8.80. The van der Waals surface area contributed by atoms with E-state index in [0.717, 1.165) is 5.52 Å². The van der Waals surface area contributed by atoms with Crippen molar-refractivity contribution >= 4 is 10.9 Å². The summed E-state index contributed by atoms with van der Waals surface area (Å²) in [5.74, 6) is 0. The molecule has 1 nitrogen and oxygen atoms in total. The minimum absolute atomic E-state index is 1.07. The number of hydrogen-bond donors (Lipinski definition) is 0. The molecule has 0 atom stereocenters. The smallest absolute Gasteiger partial charge is 0.0780 e. The van der Waals surface area contributed by atoms with Crippen LogP contribution in [-0.2, 0) is 0 Å². The van der Waals surface area contributed by atoms with Crippen molar-refractivity contribution in [1.29, 1.82) is 0 Å². The molecule has 0 unspecified atom stereocenters. The molecule has 2 aromatic carbocycles. The van der Waals surface area contributed by atoms with E-state index < -0.39 is 0 Å². The molecule has 0 radical (unpaired) electrons. The molecule has 0 saturated carbocycles. The molecule has 76 valence electrons. The lowest BCUT2D eigenvalue weighted by Gasteiger charge is -2.05. The third kappa shape index (κ3) is 1.47. The van der Waals surface area contributed by atoms with Crippen molar-refractivity contribution in [3.63, 3.8) is 0 Å². The second-order valence-electron chi connectivity index (χ2n) is 3.75. The third-order valence-electron chi connectivity index (χ3n) is 2.72.